The molecule has 0 radical (unpaired) electrons. The summed E-state index contributed by atoms with van der Waals surface area (Å²) in [6.07, 6.45) is 3.76. The first-order valence-electron chi connectivity index (χ1n) is 9.14. The van der Waals surface area contributed by atoms with Crippen molar-refractivity contribution in [3.63, 3.8) is 0 Å². The van der Waals surface area contributed by atoms with Gasteiger partial charge in [-0.3, -0.25) is 9.36 Å². The van der Waals surface area contributed by atoms with Crippen LogP contribution in [0, 0.1) is 3.57 Å². The molecule has 5 rings (SSSR count). The lowest BCUT2D eigenvalue weighted by Crippen LogP contribution is -2.22. The van der Waals surface area contributed by atoms with Gasteiger partial charge in [-0.2, -0.15) is 0 Å². The lowest BCUT2D eigenvalue weighted by molar-refractivity contribution is 0.174. The molecule has 0 aliphatic carbocycles. The van der Waals surface area contributed by atoms with E-state index in [2.05, 4.69) is 38.5 Å². The Morgan fingerprint density at radius 3 is 2.60 bits per heavy atom. The van der Waals surface area contributed by atoms with Crippen molar-refractivity contribution in [1.82, 2.24) is 9.55 Å². The lowest BCUT2D eigenvalue weighted by atomic mass is 10.1. The molecule has 1 aromatic heterocycles. The van der Waals surface area contributed by atoms with Crippen molar-refractivity contribution in [2.24, 2.45) is 0 Å². The Hall–Kier alpha value is -2.65. The minimum atomic E-state index is -0.105. The van der Waals surface area contributed by atoms with E-state index in [4.69, 9.17) is 14.5 Å². The van der Waals surface area contributed by atoms with E-state index in [-0.39, 0.29) is 12.4 Å². The van der Waals surface area contributed by atoms with Gasteiger partial charge >= 0.3 is 0 Å². The van der Waals surface area contributed by atoms with E-state index in [1.807, 2.05) is 72.8 Å². The van der Waals surface area contributed by atoms with Crippen LogP contribution >= 0.6 is 38.5 Å². The van der Waals surface area contributed by atoms with Crippen molar-refractivity contribution in [2.45, 2.75) is 0 Å². The van der Waals surface area contributed by atoms with Gasteiger partial charge in [0, 0.05) is 8.04 Å². The Morgan fingerprint density at radius 2 is 1.77 bits per heavy atom. The molecule has 7 heteroatoms. The van der Waals surface area contributed by atoms with Crippen molar-refractivity contribution >= 4 is 61.6 Å². The number of fused-ring (bicyclic) bond motifs is 2. The normalized spacial score (nSPS) is 12.7. The highest BCUT2D eigenvalue weighted by Crippen LogP contribution is 2.33. The smallest absolute Gasteiger partial charge is 0.266 e. The highest BCUT2D eigenvalue weighted by atomic mass is 127. The van der Waals surface area contributed by atoms with Crippen LogP contribution in [0.1, 0.15) is 11.4 Å². The van der Waals surface area contributed by atoms with E-state index in [1.54, 1.807) is 4.57 Å². The Labute approximate surface area is 194 Å². The third-order valence-corrected chi connectivity index (χ3v) is 5.96. The number of ether oxygens (including phenoxy) is 2. The number of aromatic nitrogens is 2. The SMILES string of the molecule is O=c1c2cc(I)ccc2nc(/C=C/c2ccc3c(c2)OCO3)n1-c1ccc(Br)cc1. The molecule has 0 bridgehead atoms. The van der Waals surface area contributed by atoms with Crippen LogP contribution in [-0.4, -0.2) is 16.3 Å². The number of nitrogens with zero attached hydrogens (tertiary/aromatic N) is 2. The van der Waals surface area contributed by atoms with E-state index < -0.39 is 0 Å². The standard InChI is InChI=1S/C23H14BrIN2O3/c24-15-3-6-17(7-4-15)27-22(26-19-8-5-16(25)12-18(19)23(27)28)10-2-14-1-9-20-21(11-14)30-13-29-20/h1-12H,13H2/b10-2+. The minimum Gasteiger partial charge on any atom is -0.454 e. The van der Waals surface area contributed by atoms with Crippen LogP contribution in [0.5, 0.6) is 11.5 Å². The van der Waals surface area contributed by atoms with E-state index in [0.29, 0.717) is 22.5 Å². The summed E-state index contributed by atoms with van der Waals surface area (Å²) < 4.78 is 14.4. The Morgan fingerprint density at radius 1 is 0.967 bits per heavy atom. The Balaban J connectivity index is 1.68. The molecule has 5 nitrogen and oxygen atoms in total. The number of hydrogen-bond acceptors (Lipinski definition) is 4. The van der Waals surface area contributed by atoms with E-state index >= 15 is 0 Å². The molecule has 2 heterocycles. The summed E-state index contributed by atoms with van der Waals surface area (Å²) in [5, 5.41) is 0.588. The zero-order chi connectivity index (χ0) is 20.7. The van der Waals surface area contributed by atoms with Gasteiger partial charge in [0.05, 0.1) is 16.6 Å². The second-order valence-corrected chi connectivity index (χ2v) is 8.86. The first-order chi connectivity index (χ1) is 14.6. The largest absolute Gasteiger partial charge is 0.454 e. The van der Waals surface area contributed by atoms with Crippen molar-refractivity contribution < 1.29 is 9.47 Å². The van der Waals surface area contributed by atoms with Crippen molar-refractivity contribution in [2.75, 3.05) is 6.79 Å². The van der Waals surface area contributed by atoms with Gasteiger partial charge in [0.25, 0.3) is 5.56 Å². The monoisotopic (exact) mass is 572 g/mol. The molecular weight excluding hydrogens is 559 g/mol. The van der Waals surface area contributed by atoms with Crippen LogP contribution in [0.25, 0.3) is 28.7 Å². The molecule has 1 aliphatic heterocycles. The average molecular weight is 573 g/mol. The topological polar surface area (TPSA) is 53.4 Å². The van der Waals surface area contributed by atoms with Gasteiger partial charge in [0.1, 0.15) is 5.82 Å². The second-order valence-electron chi connectivity index (χ2n) is 6.69. The van der Waals surface area contributed by atoms with E-state index in [1.165, 1.54) is 0 Å². The van der Waals surface area contributed by atoms with Crippen molar-refractivity contribution in [3.8, 4) is 17.2 Å². The molecule has 0 unspecified atom stereocenters. The first-order valence-corrected chi connectivity index (χ1v) is 11.0. The van der Waals surface area contributed by atoms with Crippen LogP contribution in [0.2, 0.25) is 0 Å². The average Bonchev–Trinajstić information content (AvgIpc) is 3.22. The zero-order valence-electron chi connectivity index (χ0n) is 15.5. The van der Waals surface area contributed by atoms with Crippen molar-refractivity contribution in [1.29, 1.82) is 0 Å². The second kappa shape index (κ2) is 7.88. The summed E-state index contributed by atoms with van der Waals surface area (Å²) >= 11 is 5.65. The number of hydrogen-bond donors (Lipinski definition) is 0. The summed E-state index contributed by atoms with van der Waals surface area (Å²) in [5.41, 5.74) is 2.24. The molecule has 0 saturated carbocycles. The lowest BCUT2D eigenvalue weighted by Gasteiger charge is -2.12. The maximum Gasteiger partial charge on any atom is 0.266 e. The third-order valence-electron chi connectivity index (χ3n) is 4.76. The fourth-order valence-corrected chi connectivity index (χ4v) is 4.07. The number of rotatable bonds is 3. The fraction of sp³-hybridized carbons (Fsp3) is 0.0435. The van der Waals surface area contributed by atoms with Gasteiger partial charge < -0.3 is 9.47 Å². The van der Waals surface area contributed by atoms with Gasteiger partial charge in [-0.05, 0) is 88.8 Å². The molecule has 3 aromatic carbocycles. The maximum absolute atomic E-state index is 13.4. The fourth-order valence-electron chi connectivity index (χ4n) is 3.31. The summed E-state index contributed by atoms with van der Waals surface area (Å²) in [7, 11) is 0. The molecular formula is C23H14BrIN2O3. The quantitative estimate of drug-likeness (QED) is 0.298. The zero-order valence-corrected chi connectivity index (χ0v) is 19.3. The highest BCUT2D eigenvalue weighted by molar-refractivity contribution is 14.1. The summed E-state index contributed by atoms with van der Waals surface area (Å²) in [4.78, 5) is 18.2. The molecule has 148 valence electrons. The molecule has 0 N–H and O–H groups in total. The molecule has 0 amide bonds. The predicted octanol–water partition coefficient (Wildman–Crippen LogP) is 5.65. The summed E-state index contributed by atoms with van der Waals surface area (Å²) in [6.45, 7) is 0.233. The first kappa shape index (κ1) is 19.3. The summed E-state index contributed by atoms with van der Waals surface area (Å²) in [6, 6.07) is 19.0. The van der Waals surface area contributed by atoms with Gasteiger partial charge in [0.2, 0.25) is 6.79 Å². The Bertz CT molecular complexity index is 1360. The van der Waals surface area contributed by atoms with E-state index in [0.717, 1.165) is 25.0 Å². The molecule has 0 fully saturated rings. The third kappa shape index (κ3) is 3.63. The predicted molar refractivity (Wildman–Crippen MR) is 129 cm³/mol. The summed E-state index contributed by atoms with van der Waals surface area (Å²) in [5.74, 6) is 1.99. The molecule has 0 atom stereocenters. The molecule has 4 aromatic rings. The molecule has 30 heavy (non-hydrogen) atoms. The highest BCUT2D eigenvalue weighted by Gasteiger charge is 2.14. The minimum absolute atomic E-state index is 0.105. The maximum atomic E-state index is 13.4. The number of halogens is 2. The Kier molecular flexibility index (Phi) is 5.08. The van der Waals surface area contributed by atoms with Crippen LogP contribution in [0.3, 0.4) is 0 Å². The van der Waals surface area contributed by atoms with Crippen LogP contribution < -0.4 is 15.0 Å². The van der Waals surface area contributed by atoms with E-state index in [9.17, 15) is 4.79 Å². The molecule has 0 spiro atoms. The number of benzene rings is 3. The van der Waals surface area contributed by atoms with Gasteiger partial charge in [-0.15, -0.1) is 0 Å². The van der Waals surface area contributed by atoms with Crippen LogP contribution in [-0.2, 0) is 0 Å². The van der Waals surface area contributed by atoms with Crippen LogP contribution in [0.4, 0.5) is 0 Å². The molecule has 1 aliphatic rings. The molecule has 0 saturated heterocycles. The van der Waals surface area contributed by atoms with Gasteiger partial charge in [-0.25, -0.2) is 4.98 Å². The van der Waals surface area contributed by atoms with Crippen LogP contribution in [0.15, 0.2) is 69.9 Å². The van der Waals surface area contributed by atoms with Gasteiger partial charge in [-0.1, -0.05) is 28.1 Å². The van der Waals surface area contributed by atoms with Gasteiger partial charge in [0.15, 0.2) is 11.5 Å². The van der Waals surface area contributed by atoms with Crippen molar-refractivity contribution in [3.05, 3.63) is 90.4 Å².